The predicted octanol–water partition coefficient (Wildman–Crippen LogP) is 3.70. The molecular formula is C23H28N6O2. The molecule has 0 radical (unpaired) electrons. The van der Waals surface area contributed by atoms with Crippen LogP contribution in [-0.2, 0) is 10.3 Å². The smallest absolute Gasteiger partial charge is 0.410 e. The maximum absolute atomic E-state index is 12.5. The summed E-state index contributed by atoms with van der Waals surface area (Å²) in [7, 11) is 0. The van der Waals surface area contributed by atoms with E-state index in [0.29, 0.717) is 37.4 Å². The molecule has 1 fully saturated rings. The van der Waals surface area contributed by atoms with E-state index in [1.54, 1.807) is 11.1 Å². The van der Waals surface area contributed by atoms with Crippen molar-refractivity contribution in [2.24, 2.45) is 0 Å². The van der Waals surface area contributed by atoms with Crippen LogP contribution in [-0.4, -0.2) is 49.4 Å². The Hall–Kier alpha value is -3.42. The summed E-state index contributed by atoms with van der Waals surface area (Å²) in [4.78, 5) is 23.5. The number of hydrogen-bond acceptors (Lipinski definition) is 6. The Morgan fingerprint density at radius 1 is 1.13 bits per heavy atom. The van der Waals surface area contributed by atoms with Gasteiger partial charge in [0.25, 0.3) is 0 Å². The van der Waals surface area contributed by atoms with Gasteiger partial charge in [0.2, 0.25) is 0 Å². The van der Waals surface area contributed by atoms with Crippen molar-refractivity contribution < 1.29 is 9.53 Å². The monoisotopic (exact) mass is 420 g/mol. The van der Waals surface area contributed by atoms with E-state index < -0.39 is 11.1 Å². The topological polar surface area (TPSA) is 99.2 Å². The number of ether oxygens (including phenoxy) is 1. The molecule has 0 atom stereocenters. The van der Waals surface area contributed by atoms with Crippen LogP contribution in [0.3, 0.4) is 0 Å². The summed E-state index contributed by atoms with van der Waals surface area (Å²) >= 11 is 0. The fraction of sp³-hybridized carbons (Fsp3) is 0.391. The number of amides is 1. The second-order valence-electron chi connectivity index (χ2n) is 8.87. The van der Waals surface area contributed by atoms with Crippen LogP contribution in [0.4, 0.5) is 10.5 Å². The van der Waals surface area contributed by atoms with Crippen LogP contribution in [0.15, 0.2) is 55.1 Å². The summed E-state index contributed by atoms with van der Waals surface area (Å²) in [6.07, 6.45) is 8.53. The molecular weight excluding hydrogens is 392 g/mol. The molecule has 8 heteroatoms. The number of benzene rings is 1. The minimum Gasteiger partial charge on any atom is -0.444 e. The fourth-order valence-electron chi connectivity index (χ4n) is 3.95. The summed E-state index contributed by atoms with van der Waals surface area (Å²) in [5.74, 6) is 0.623. The standard InChI is InChI=1S/C23H28N6O2/c1-22(2,3)31-21(30)28-12-8-23(9-13-28,29-11-5-10-27-29)18-15-25-20(26-16-18)17-6-4-7-19(24)14-17/h4-7,10-11,14-16H,8-9,12-13,24H2,1-3H3. The number of carbonyl (C=O) groups excluding carboxylic acids is 1. The Balaban J connectivity index is 1.59. The molecule has 2 N–H and O–H groups in total. The lowest BCUT2D eigenvalue weighted by Crippen LogP contribution is -2.50. The lowest BCUT2D eigenvalue weighted by Gasteiger charge is -2.42. The number of nitrogen functional groups attached to an aromatic ring is 1. The molecule has 1 aromatic carbocycles. The molecule has 8 nitrogen and oxygen atoms in total. The first-order chi connectivity index (χ1) is 14.8. The Morgan fingerprint density at radius 2 is 1.84 bits per heavy atom. The van der Waals surface area contributed by atoms with E-state index in [2.05, 4.69) is 15.1 Å². The third-order valence-corrected chi connectivity index (χ3v) is 5.52. The first-order valence-corrected chi connectivity index (χ1v) is 10.4. The van der Waals surface area contributed by atoms with E-state index in [0.717, 1.165) is 11.1 Å². The molecule has 4 rings (SSSR count). The van der Waals surface area contributed by atoms with Crippen LogP contribution in [0.25, 0.3) is 11.4 Å². The van der Waals surface area contributed by atoms with Crippen LogP contribution in [0.2, 0.25) is 0 Å². The van der Waals surface area contributed by atoms with E-state index in [1.807, 2.05) is 74.4 Å². The lowest BCUT2D eigenvalue weighted by atomic mass is 9.82. The van der Waals surface area contributed by atoms with Crippen LogP contribution in [0, 0.1) is 0 Å². The number of nitrogens with two attached hydrogens (primary N) is 1. The fourth-order valence-corrected chi connectivity index (χ4v) is 3.95. The van der Waals surface area contributed by atoms with Crippen molar-refractivity contribution in [2.45, 2.75) is 44.8 Å². The highest BCUT2D eigenvalue weighted by molar-refractivity contribution is 5.68. The average Bonchev–Trinajstić information content (AvgIpc) is 3.28. The summed E-state index contributed by atoms with van der Waals surface area (Å²) in [6, 6.07) is 9.43. The van der Waals surface area contributed by atoms with Gasteiger partial charge in [0.1, 0.15) is 5.60 Å². The molecule has 1 amide bonds. The van der Waals surface area contributed by atoms with Gasteiger partial charge in [-0.1, -0.05) is 12.1 Å². The maximum Gasteiger partial charge on any atom is 0.410 e. The molecule has 1 aliphatic rings. The van der Waals surface area contributed by atoms with Crippen LogP contribution in [0.1, 0.15) is 39.2 Å². The molecule has 1 saturated heterocycles. The van der Waals surface area contributed by atoms with Gasteiger partial charge in [0, 0.05) is 54.7 Å². The van der Waals surface area contributed by atoms with Crippen molar-refractivity contribution >= 4 is 11.8 Å². The molecule has 3 heterocycles. The van der Waals surface area contributed by atoms with Crippen LogP contribution >= 0.6 is 0 Å². The molecule has 31 heavy (non-hydrogen) atoms. The van der Waals surface area contributed by atoms with Crippen molar-refractivity contribution in [2.75, 3.05) is 18.8 Å². The molecule has 0 saturated carbocycles. The van der Waals surface area contributed by atoms with Gasteiger partial charge >= 0.3 is 6.09 Å². The molecule has 0 spiro atoms. The molecule has 162 valence electrons. The lowest BCUT2D eigenvalue weighted by molar-refractivity contribution is 0.0137. The third-order valence-electron chi connectivity index (χ3n) is 5.52. The third kappa shape index (κ3) is 4.38. The second kappa shape index (κ2) is 8.02. The Bertz CT molecular complexity index is 1030. The van der Waals surface area contributed by atoms with Crippen molar-refractivity contribution in [3.8, 4) is 11.4 Å². The SMILES string of the molecule is CC(C)(C)OC(=O)N1CCC(c2cnc(-c3cccc(N)c3)nc2)(n2cccn2)CC1. The molecule has 3 aromatic rings. The zero-order valence-electron chi connectivity index (χ0n) is 18.2. The Morgan fingerprint density at radius 3 is 2.42 bits per heavy atom. The number of hydrogen-bond donors (Lipinski definition) is 1. The highest BCUT2D eigenvalue weighted by Gasteiger charge is 2.41. The van der Waals surface area contributed by atoms with Gasteiger partial charge in [-0.2, -0.15) is 5.10 Å². The van der Waals surface area contributed by atoms with Gasteiger partial charge < -0.3 is 15.4 Å². The number of nitrogens with zero attached hydrogens (tertiary/aromatic N) is 5. The van der Waals surface area contributed by atoms with E-state index in [4.69, 9.17) is 10.5 Å². The number of likely N-dealkylation sites (tertiary alicyclic amines) is 1. The van der Waals surface area contributed by atoms with E-state index in [-0.39, 0.29) is 6.09 Å². The van der Waals surface area contributed by atoms with Gasteiger partial charge in [0.05, 0.1) is 5.54 Å². The molecule has 0 bridgehead atoms. The number of rotatable bonds is 3. The van der Waals surface area contributed by atoms with Gasteiger partial charge in [-0.05, 0) is 51.8 Å². The van der Waals surface area contributed by atoms with Crippen molar-refractivity contribution in [1.82, 2.24) is 24.6 Å². The van der Waals surface area contributed by atoms with E-state index >= 15 is 0 Å². The van der Waals surface area contributed by atoms with Gasteiger partial charge in [0.15, 0.2) is 5.82 Å². The predicted molar refractivity (Wildman–Crippen MR) is 118 cm³/mol. The van der Waals surface area contributed by atoms with Crippen molar-refractivity contribution in [1.29, 1.82) is 0 Å². The minimum atomic E-state index is -0.516. The van der Waals surface area contributed by atoms with Crippen LogP contribution < -0.4 is 5.73 Å². The Labute approximate surface area is 182 Å². The quantitative estimate of drug-likeness (QED) is 0.649. The molecule has 0 aliphatic carbocycles. The second-order valence-corrected chi connectivity index (χ2v) is 8.87. The zero-order valence-corrected chi connectivity index (χ0v) is 18.2. The van der Waals surface area contributed by atoms with E-state index in [1.165, 1.54) is 0 Å². The van der Waals surface area contributed by atoms with Gasteiger partial charge in [-0.15, -0.1) is 0 Å². The number of carbonyl (C=O) groups is 1. The number of anilines is 1. The molecule has 2 aromatic heterocycles. The first kappa shape index (κ1) is 20.8. The highest BCUT2D eigenvalue weighted by Crippen LogP contribution is 2.37. The van der Waals surface area contributed by atoms with Crippen LogP contribution in [0.5, 0.6) is 0 Å². The largest absolute Gasteiger partial charge is 0.444 e. The zero-order chi connectivity index (χ0) is 22.1. The number of aromatic nitrogens is 4. The summed E-state index contributed by atoms with van der Waals surface area (Å²) < 4.78 is 7.50. The normalized spacial score (nSPS) is 16.2. The highest BCUT2D eigenvalue weighted by atomic mass is 16.6. The first-order valence-electron chi connectivity index (χ1n) is 10.4. The average molecular weight is 421 g/mol. The summed E-state index contributed by atoms with van der Waals surface area (Å²) in [5, 5.41) is 4.52. The van der Waals surface area contributed by atoms with E-state index in [9.17, 15) is 4.79 Å². The maximum atomic E-state index is 12.5. The summed E-state index contributed by atoms with van der Waals surface area (Å²) in [6.45, 7) is 6.75. The summed E-state index contributed by atoms with van der Waals surface area (Å²) in [5.41, 5.74) is 7.47. The van der Waals surface area contributed by atoms with Gasteiger partial charge in [-0.25, -0.2) is 14.8 Å². The van der Waals surface area contributed by atoms with Gasteiger partial charge in [-0.3, -0.25) is 4.68 Å². The van der Waals surface area contributed by atoms with Crippen molar-refractivity contribution in [3.05, 3.63) is 60.7 Å². The molecule has 0 unspecified atom stereocenters. The minimum absolute atomic E-state index is 0.283. The van der Waals surface area contributed by atoms with Crippen molar-refractivity contribution in [3.63, 3.8) is 0 Å². The number of piperidine rings is 1. The molecule has 1 aliphatic heterocycles. The Kier molecular flexibility index (Phi) is 5.39.